The molecule has 1 heterocycles. The number of anilines is 1. The van der Waals surface area contributed by atoms with E-state index in [0.717, 1.165) is 5.56 Å². The minimum Gasteiger partial charge on any atom is -0.352 e. The topological polar surface area (TPSA) is 91.1 Å². The maximum atomic E-state index is 13.0. The number of aromatic amines is 1. The lowest BCUT2D eigenvalue weighted by Gasteiger charge is -2.12. The number of H-pyrrole nitrogens is 1. The van der Waals surface area contributed by atoms with Gasteiger partial charge < -0.3 is 15.6 Å². The van der Waals surface area contributed by atoms with Crippen molar-refractivity contribution in [3.8, 4) is 0 Å². The van der Waals surface area contributed by atoms with Crippen molar-refractivity contribution in [1.29, 1.82) is 0 Å². The monoisotopic (exact) mass is 411 g/mol. The van der Waals surface area contributed by atoms with Crippen LogP contribution in [0.3, 0.4) is 0 Å². The molecule has 0 unspecified atom stereocenters. The Balaban J connectivity index is 1.52. The highest BCUT2D eigenvalue weighted by molar-refractivity contribution is 6.14. The van der Waals surface area contributed by atoms with Gasteiger partial charge in [-0.05, 0) is 30.2 Å². The molecule has 6 nitrogen and oxygen atoms in total. The molecule has 0 bridgehead atoms. The van der Waals surface area contributed by atoms with E-state index in [0.29, 0.717) is 35.1 Å². The van der Waals surface area contributed by atoms with E-state index in [1.54, 1.807) is 48.5 Å². The number of hydrogen-bond donors (Lipinski definition) is 3. The van der Waals surface area contributed by atoms with Gasteiger partial charge in [-0.3, -0.25) is 14.4 Å². The molecule has 0 aliphatic rings. The Labute approximate surface area is 178 Å². The Kier molecular flexibility index (Phi) is 5.89. The first-order valence-electron chi connectivity index (χ1n) is 9.96. The number of rotatable bonds is 6. The van der Waals surface area contributed by atoms with Crippen LogP contribution < -0.4 is 16.2 Å². The van der Waals surface area contributed by atoms with Crippen LogP contribution in [-0.2, 0) is 6.42 Å². The van der Waals surface area contributed by atoms with Crippen molar-refractivity contribution in [2.75, 3.05) is 11.9 Å². The highest BCUT2D eigenvalue weighted by atomic mass is 16.2. The number of nitrogens with one attached hydrogen (secondary N) is 3. The minimum atomic E-state index is -0.452. The van der Waals surface area contributed by atoms with Gasteiger partial charge in [0.15, 0.2) is 0 Å². The molecule has 1 aromatic heterocycles. The Morgan fingerprint density at radius 1 is 0.774 bits per heavy atom. The number of carbonyl (C=O) groups excluding carboxylic acids is 2. The summed E-state index contributed by atoms with van der Waals surface area (Å²) in [6, 6.07) is 25.0. The van der Waals surface area contributed by atoms with Crippen molar-refractivity contribution in [2.24, 2.45) is 0 Å². The van der Waals surface area contributed by atoms with Gasteiger partial charge in [0, 0.05) is 23.5 Å². The number of para-hydroxylation sites is 2. The smallest absolute Gasteiger partial charge is 0.256 e. The van der Waals surface area contributed by atoms with Gasteiger partial charge in [0.1, 0.15) is 0 Å². The quantitative estimate of drug-likeness (QED) is 0.451. The molecule has 2 amide bonds. The van der Waals surface area contributed by atoms with Gasteiger partial charge in [-0.1, -0.05) is 60.7 Å². The van der Waals surface area contributed by atoms with Crippen molar-refractivity contribution < 1.29 is 9.59 Å². The number of pyridine rings is 1. The van der Waals surface area contributed by atoms with E-state index in [1.165, 1.54) is 6.07 Å². The molecule has 0 spiro atoms. The van der Waals surface area contributed by atoms with E-state index < -0.39 is 5.91 Å². The summed E-state index contributed by atoms with van der Waals surface area (Å²) in [6.07, 6.45) is 0.708. The summed E-state index contributed by atoms with van der Waals surface area (Å²) < 4.78 is 0. The molecule has 6 heteroatoms. The van der Waals surface area contributed by atoms with Crippen molar-refractivity contribution in [2.45, 2.75) is 6.42 Å². The van der Waals surface area contributed by atoms with Crippen LogP contribution in [0, 0.1) is 0 Å². The number of amides is 2. The van der Waals surface area contributed by atoms with E-state index in [1.807, 2.05) is 30.3 Å². The normalized spacial score (nSPS) is 10.6. The van der Waals surface area contributed by atoms with Crippen LogP contribution in [0.15, 0.2) is 89.7 Å². The van der Waals surface area contributed by atoms with Crippen LogP contribution in [0.4, 0.5) is 5.69 Å². The lowest BCUT2D eigenvalue weighted by Crippen LogP contribution is -2.27. The lowest BCUT2D eigenvalue weighted by atomic mass is 10.1. The second-order valence-corrected chi connectivity index (χ2v) is 7.08. The summed E-state index contributed by atoms with van der Waals surface area (Å²) in [5.41, 5.74) is 2.33. The van der Waals surface area contributed by atoms with Gasteiger partial charge in [-0.25, -0.2) is 0 Å². The first-order valence-corrected chi connectivity index (χ1v) is 9.96. The summed E-state index contributed by atoms with van der Waals surface area (Å²) in [4.78, 5) is 40.4. The number of benzene rings is 3. The van der Waals surface area contributed by atoms with Crippen LogP contribution in [0.1, 0.15) is 26.3 Å². The lowest BCUT2D eigenvalue weighted by molar-refractivity contribution is 0.0955. The zero-order valence-corrected chi connectivity index (χ0v) is 16.7. The second-order valence-electron chi connectivity index (χ2n) is 7.08. The summed E-state index contributed by atoms with van der Waals surface area (Å²) in [5.74, 6) is -0.727. The van der Waals surface area contributed by atoms with Crippen LogP contribution in [0.2, 0.25) is 0 Å². The third-order valence-electron chi connectivity index (χ3n) is 4.96. The van der Waals surface area contributed by atoms with Gasteiger partial charge in [0.25, 0.3) is 11.8 Å². The fourth-order valence-corrected chi connectivity index (χ4v) is 3.43. The van der Waals surface area contributed by atoms with E-state index in [-0.39, 0.29) is 17.0 Å². The Morgan fingerprint density at radius 3 is 2.32 bits per heavy atom. The zero-order valence-electron chi connectivity index (χ0n) is 16.7. The fraction of sp³-hybridized carbons (Fsp3) is 0.0800. The first kappa shape index (κ1) is 20.1. The summed E-state index contributed by atoms with van der Waals surface area (Å²) in [7, 11) is 0. The standard InChI is InChI=1S/C25H21N3O3/c29-23-16-20(18-10-4-6-12-21(18)27-23)25(31)28-22-13-7-5-11-19(22)24(30)26-15-14-17-8-2-1-3-9-17/h1-13,16H,14-15H2,(H,26,30)(H,27,29)(H,28,31). The van der Waals surface area contributed by atoms with Gasteiger partial charge >= 0.3 is 0 Å². The fourth-order valence-electron chi connectivity index (χ4n) is 3.43. The molecule has 0 fully saturated rings. The maximum Gasteiger partial charge on any atom is 0.256 e. The molecular weight excluding hydrogens is 390 g/mol. The van der Waals surface area contributed by atoms with Crippen LogP contribution in [-0.4, -0.2) is 23.3 Å². The molecule has 0 atom stereocenters. The number of carbonyl (C=O) groups is 2. The molecular formula is C25H21N3O3. The zero-order chi connectivity index (χ0) is 21.6. The van der Waals surface area contributed by atoms with Crippen LogP contribution in [0.25, 0.3) is 10.9 Å². The average Bonchev–Trinajstić information content (AvgIpc) is 2.79. The summed E-state index contributed by atoms with van der Waals surface area (Å²) in [5, 5.41) is 6.31. The Morgan fingerprint density at radius 2 is 1.48 bits per heavy atom. The van der Waals surface area contributed by atoms with E-state index in [4.69, 9.17) is 0 Å². The largest absolute Gasteiger partial charge is 0.352 e. The molecule has 4 rings (SSSR count). The number of hydrogen-bond acceptors (Lipinski definition) is 3. The highest BCUT2D eigenvalue weighted by Gasteiger charge is 2.16. The first-order chi connectivity index (χ1) is 15.1. The molecule has 0 radical (unpaired) electrons. The molecule has 0 saturated heterocycles. The van der Waals surface area contributed by atoms with Gasteiger partial charge in [-0.2, -0.15) is 0 Å². The number of aromatic nitrogens is 1. The third-order valence-corrected chi connectivity index (χ3v) is 4.96. The second kappa shape index (κ2) is 9.09. The number of fused-ring (bicyclic) bond motifs is 1. The van der Waals surface area contributed by atoms with Gasteiger partial charge in [-0.15, -0.1) is 0 Å². The Hall–Kier alpha value is -4.19. The van der Waals surface area contributed by atoms with Crippen LogP contribution >= 0.6 is 0 Å². The Bertz CT molecular complexity index is 1300. The molecule has 0 aliphatic heterocycles. The van der Waals surface area contributed by atoms with Crippen molar-refractivity contribution >= 4 is 28.4 Å². The summed E-state index contributed by atoms with van der Waals surface area (Å²) in [6.45, 7) is 0.476. The molecule has 3 aromatic carbocycles. The highest BCUT2D eigenvalue weighted by Crippen LogP contribution is 2.19. The molecule has 0 saturated carbocycles. The van der Waals surface area contributed by atoms with E-state index in [9.17, 15) is 14.4 Å². The third kappa shape index (κ3) is 4.70. The molecule has 0 aliphatic carbocycles. The van der Waals surface area contributed by atoms with Gasteiger partial charge in [0.2, 0.25) is 5.56 Å². The van der Waals surface area contributed by atoms with E-state index in [2.05, 4.69) is 15.6 Å². The molecule has 31 heavy (non-hydrogen) atoms. The average molecular weight is 411 g/mol. The molecule has 154 valence electrons. The summed E-state index contributed by atoms with van der Waals surface area (Å²) >= 11 is 0. The van der Waals surface area contributed by atoms with E-state index >= 15 is 0 Å². The van der Waals surface area contributed by atoms with Crippen molar-refractivity contribution in [3.05, 3.63) is 112 Å². The SMILES string of the molecule is O=C(NCCc1ccccc1)c1ccccc1NC(=O)c1cc(=O)[nH]c2ccccc12. The van der Waals surface area contributed by atoms with Crippen LogP contribution in [0.5, 0.6) is 0 Å². The minimum absolute atomic E-state index is 0.249. The predicted octanol–water partition coefficient (Wildman–Crippen LogP) is 3.75. The van der Waals surface area contributed by atoms with Crippen molar-refractivity contribution in [3.63, 3.8) is 0 Å². The predicted molar refractivity (Wildman–Crippen MR) is 121 cm³/mol. The van der Waals surface area contributed by atoms with Crippen molar-refractivity contribution in [1.82, 2.24) is 10.3 Å². The molecule has 4 aromatic rings. The maximum absolute atomic E-state index is 13.0. The van der Waals surface area contributed by atoms with Gasteiger partial charge in [0.05, 0.1) is 16.8 Å². The molecule has 3 N–H and O–H groups in total.